The van der Waals surface area contributed by atoms with Gasteiger partial charge in [-0.2, -0.15) is 0 Å². The smallest absolute Gasteiger partial charge is 0.289 e. The molecule has 104 valence electrons. The van der Waals surface area contributed by atoms with Gasteiger partial charge in [-0.05, 0) is 26.2 Å². The van der Waals surface area contributed by atoms with E-state index in [1.54, 1.807) is 20.8 Å². The molecule has 1 atom stereocenters. The van der Waals surface area contributed by atoms with Gasteiger partial charge in [-0.3, -0.25) is 14.4 Å². The first-order valence-corrected chi connectivity index (χ1v) is 6.14. The van der Waals surface area contributed by atoms with E-state index in [0.717, 1.165) is 0 Å². The van der Waals surface area contributed by atoms with Crippen molar-refractivity contribution >= 4 is 18.1 Å². The van der Waals surface area contributed by atoms with Gasteiger partial charge < -0.3 is 10.2 Å². The first-order chi connectivity index (χ1) is 8.08. The van der Waals surface area contributed by atoms with Crippen molar-refractivity contribution in [2.75, 3.05) is 6.54 Å². The Labute approximate surface area is 109 Å². The van der Waals surface area contributed by atoms with Gasteiger partial charge in [-0.1, -0.05) is 20.8 Å². The molecule has 0 aromatic carbocycles. The molecule has 5 heteroatoms. The fourth-order valence-electron chi connectivity index (χ4n) is 1.49. The molecule has 0 saturated heterocycles. The number of nitrogens with zero attached hydrogens (tertiary/aromatic N) is 1. The Morgan fingerprint density at radius 2 is 1.72 bits per heavy atom. The van der Waals surface area contributed by atoms with Gasteiger partial charge in [-0.15, -0.1) is 0 Å². The average molecular weight is 256 g/mol. The Bertz CT molecular complexity index is 319. The summed E-state index contributed by atoms with van der Waals surface area (Å²) < 4.78 is 0. The molecule has 2 amide bonds. The summed E-state index contributed by atoms with van der Waals surface area (Å²) >= 11 is 0. The summed E-state index contributed by atoms with van der Waals surface area (Å²) in [5, 5.41) is 2.53. The highest BCUT2D eigenvalue weighted by Gasteiger charge is 2.28. The molecule has 0 aliphatic heterocycles. The minimum Gasteiger partial charge on any atom is -0.347 e. The van der Waals surface area contributed by atoms with Crippen LogP contribution in [0, 0.1) is 5.41 Å². The maximum absolute atomic E-state index is 11.9. The van der Waals surface area contributed by atoms with E-state index in [1.807, 2.05) is 20.8 Å². The van der Waals surface area contributed by atoms with Crippen LogP contribution in [0.2, 0.25) is 0 Å². The lowest BCUT2D eigenvalue weighted by molar-refractivity contribution is -0.143. The first-order valence-electron chi connectivity index (χ1n) is 6.14. The van der Waals surface area contributed by atoms with Crippen LogP contribution in [0.15, 0.2) is 0 Å². The number of Topliss-reactive ketones (excluding diaryl/α,β-unsaturated/α-hetero) is 1. The molecular formula is C13H24N2O3. The van der Waals surface area contributed by atoms with Gasteiger partial charge in [0.05, 0.1) is 6.04 Å². The summed E-state index contributed by atoms with van der Waals surface area (Å²) in [5.74, 6) is -1.22. The summed E-state index contributed by atoms with van der Waals surface area (Å²) in [6.07, 6.45) is 0.621. The van der Waals surface area contributed by atoms with Crippen LogP contribution in [0.1, 0.15) is 41.5 Å². The van der Waals surface area contributed by atoms with Crippen molar-refractivity contribution in [3.63, 3.8) is 0 Å². The fourth-order valence-corrected chi connectivity index (χ4v) is 1.49. The number of nitrogens with one attached hydrogen (secondary N) is 1. The van der Waals surface area contributed by atoms with Gasteiger partial charge in [0.25, 0.3) is 5.91 Å². The van der Waals surface area contributed by atoms with Crippen LogP contribution in [-0.4, -0.2) is 41.6 Å². The van der Waals surface area contributed by atoms with Gasteiger partial charge in [0.1, 0.15) is 0 Å². The predicted molar refractivity (Wildman–Crippen MR) is 70.0 cm³/mol. The van der Waals surface area contributed by atoms with Crippen molar-refractivity contribution in [2.24, 2.45) is 5.41 Å². The lowest BCUT2D eigenvalue weighted by Crippen LogP contribution is -2.49. The van der Waals surface area contributed by atoms with Crippen molar-refractivity contribution in [1.82, 2.24) is 10.2 Å². The first kappa shape index (κ1) is 16.6. The van der Waals surface area contributed by atoms with E-state index in [0.29, 0.717) is 13.0 Å². The summed E-state index contributed by atoms with van der Waals surface area (Å²) in [5.41, 5.74) is -0.121. The van der Waals surface area contributed by atoms with Crippen molar-refractivity contribution in [3.05, 3.63) is 0 Å². The Morgan fingerprint density at radius 3 is 2.06 bits per heavy atom. The van der Waals surface area contributed by atoms with E-state index < -0.39 is 17.7 Å². The van der Waals surface area contributed by atoms with E-state index in [4.69, 9.17) is 0 Å². The second kappa shape index (κ2) is 6.52. The Kier molecular flexibility index (Phi) is 6.01. The van der Waals surface area contributed by atoms with Crippen molar-refractivity contribution in [3.8, 4) is 0 Å². The normalized spacial score (nSPS) is 13.1. The van der Waals surface area contributed by atoms with Crippen LogP contribution >= 0.6 is 0 Å². The number of amides is 2. The Morgan fingerprint density at radius 1 is 1.22 bits per heavy atom. The number of rotatable bonds is 6. The lowest BCUT2D eigenvalue weighted by Gasteiger charge is -2.30. The highest BCUT2D eigenvalue weighted by atomic mass is 16.2. The predicted octanol–water partition coefficient (Wildman–Crippen LogP) is 0.973. The van der Waals surface area contributed by atoms with E-state index in [-0.39, 0.29) is 11.5 Å². The second-order valence-corrected chi connectivity index (χ2v) is 6.01. The van der Waals surface area contributed by atoms with Crippen LogP contribution in [-0.2, 0) is 14.4 Å². The van der Waals surface area contributed by atoms with Crippen molar-refractivity contribution in [1.29, 1.82) is 0 Å². The molecule has 0 aromatic heterocycles. The Hall–Kier alpha value is -1.39. The molecule has 1 N–H and O–H groups in total. The molecule has 0 saturated carbocycles. The monoisotopic (exact) mass is 256 g/mol. The minimum atomic E-state index is -0.736. The topological polar surface area (TPSA) is 66.5 Å². The zero-order valence-electron chi connectivity index (χ0n) is 12.1. The molecule has 0 bridgehead atoms. The molecule has 0 aromatic rings. The van der Waals surface area contributed by atoms with E-state index in [9.17, 15) is 14.4 Å². The minimum absolute atomic E-state index is 0.0963. The molecule has 0 fully saturated rings. The zero-order valence-corrected chi connectivity index (χ0v) is 12.1. The number of hydrogen-bond acceptors (Lipinski definition) is 3. The maximum atomic E-state index is 11.9. The summed E-state index contributed by atoms with van der Waals surface area (Å²) in [6.45, 7) is 11.5. The summed E-state index contributed by atoms with van der Waals surface area (Å²) in [6, 6.07) is -0.832. The average Bonchev–Trinajstić information content (AvgIpc) is 2.21. The maximum Gasteiger partial charge on any atom is 0.289 e. The highest BCUT2D eigenvalue weighted by Crippen LogP contribution is 2.16. The third-order valence-corrected chi connectivity index (χ3v) is 2.31. The fraction of sp³-hybridized carbons (Fsp3) is 0.769. The van der Waals surface area contributed by atoms with Crippen LogP contribution < -0.4 is 5.32 Å². The molecule has 0 rings (SSSR count). The molecule has 0 aliphatic rings. The SMILES string of the molecule is CC(C)NC(=O)C(=O)C(C)N(C=O)CC(C)(C)C. The van der Waals surface area contributed by atoms with Crippen molar-refractivity contribution in [2.45, 2.75) is 53.6 Å². The van der Waals surface area contributed by atoms with Gasteiger partial charge in [0.2, 0.25) is 12.2 Å². The summed E-state index contributed by atoms with van der Waals surface area (Å²) in [4.78, 5) is 35.8. The van der Waals surface area contributed by atoms with Crippen molar-refractivity contribution < 1.29 is 14.4 Å². The molecule has 0 aliphatic carbocycles. The van der Waals surface area contributed by atoms with E-state index >= 15 is 0 Å². The zero-order chi connectivity index (χ0) is 14.5. The molecular weight excluding hydrogens is 232 g/mol. The van der Waals surface area contributed by atoms with Gasteiger partial charge >= 0.3 is 0 Å². The Balaban J connectivity index is 4.69. The molecule has 5 nitrogen and oxygen atoms in total. The molecule has 0 heterocycles. The third kappa shape index (κ3) is 5.80. The quantitative estimate of drug-likeness (QED) is 0.569. The molecule has 1 unspecified atom stereocenters. The van der Waals surface area contributed by atoms with Crippen LogP contribution in [0.5, 0.6) is 0 Å². The number of ketones is 1. The van der Waals surface area contributed by atoms with Gasteiger partial charge in [0, 0.05) is 12.6 Å². The largest absolute Gasteiger partial charge is 0.347 e. The summed E-state index contributed by atoms with van der Waals surface area (Å²) in [7, 11) is 0. The molecule has 0 radical (unpaired) electrons. The lowest BCUT2D eigenvalue weighted by atomic mass is 9.95. The van der Waals surface area contributed by atoms with Gasteiger partial charge in [0.15, 0.2) is 0 Å². The third-order valence-electron chi connectivity index (χ3n) is 2.31. The highest BCUT2D eigenvalue weighted by molar-refractivity contribution is 6.38. The van der Waals surface area contributed by atoms with Gasteiger partial charge in [-0.25, -0.2) is 0 Å². The standard InChI is InChI=1S/C13H24N2O3/c1-9(2)14-12(18)11(17)10(3)15(8-16)7-13(4,5)6/h8-10H,7H2,1-6H3,(H,14,18). The molecule has 0 spiro atoms. The number of carbonyl (C=O) groups is 3. The van der Waals surface area contributed by atoms with Crippen LogP contribution in [0.3, 0.4) is 0 Å². The van der Waals surface area contributed by atoms with Crippen LogP contribution in [0.4, 0.5) is 0 Å². The van der Waals surface area contributed by atoms with Crippen LogP contribution in [0.25, 0.3) is 0 Å². The van der Waals surface area contributed by atoms with E-state index in [2.05, 4.69) is 5.32 Å². The number of carbonyl (C=O) groups excluding carboxylic acids is 3. The molecule has 18 heavy (non-hydrogen) atoms. The second-order valence-electron chi connectivity index (χ2n) is 6.01. The number of hydrogen-bond donors (Lipinski definition) is 1. The van der Waals surface area contributed by atoms with E-state index in [1.165, 1.54) is 4.90 Å².